The molecule has 1 saturated carbocycles. The van der Waals surface area contributed by atoms with Gasteiger partial charge in [0.1, 0.15) is 0 Å². The van der Waals surface area contributed by atoms with E-state index in [1.54, 1.807) is 6.07 Å². The SMILES string of the molecule is CCCCCC1CCC(c2ccc(OCCCC)c(F)c2)CC1. The summed E-state index contributed by atoms with van der Waals surface area (Å²) in [7, 11) is 0. The molecule has 1 fully saturated rings. The first-order valence-electron chi connectivity index (χ1n) is 9.66. The molecule has 2 rings (SSSR count). The van der Waals surface area contributed by atoms with Gasteiger partial charge in [-0.1, -0.05) is 52.0 Å². The Morgan fingerprint density at radius 2 is 1.74 bits per heavy atom. The first-order valence-corrected chi connectivity index (χ1v) is 9.66. The van der Waals surface area contributed by atoms with Crippen LogP contribution in [0.15, 0.2) is 18.2 Å². The largest absolute Gasteiger partial charge is 0.491 e. The van der Waals surface area contributed by atoms with Gasteiger partial charge in [0, 0.05) is 0 Å². The minimum absolute atomic E-state index is 0.191. The van der Waals surface area contributed by atoms with E-state index in [-0.39, 0.29) is 5.82 Å². The number of halogens is 1. The van der Waals surface area contributed by atoms with Crippen molar-refractivity contribution in [2.75, 3.05) is 6.61 Å². The molecule has 0 aliphatic heterocycles. The predicted molar refractivity (Wildman–Crippen MR) is 95.6 cm³/mol. The molecule has 1 aromatic rings. The summed E-state index contributed by atoms with van der Waals surface area (Å²) in [4.78, 5) is 0. The van der Waals surface area contributed by atoms with Gasteiger partial charge in [-0.25, -0.2) is 4.39 Å². The summed E-state index contributed by atoms with van der Waals surface area (Å²) >= 11 is 0. The molecule has 0 unspecified atom stereocenters. The molecule has 0 bridgehead atoms. The second-order valence-electron chi connectivity index (χ2n) is 7.11. The summed E-state index contributed by atoms with van der Waals surface area (Å²) < 4.78 is 19.7. The van der Waals surface area contributed by atoms with Gasteiger partial charge in [-0.15, -0.1) is 0 Å². The van der Waals surface area contributed by atoms with E-state index in [2.05, 4.69) is 19.9 Å². The molecule has 0 heterocycles. The number of rotatable bonds is 9. The molecule has 0 saturated heterocycles. The van der Waals surface area contributed by atoms with Crippen LogP contribution in [0.4, 0.5) is 4.39 Å². The first kappa shape index (κ1) is 18.3. The van der Waals surface area contributed by atoms with Crippen LogP contribution in [-0.2, 0) is 0 Å². The van der Waals surface area contributed by atoms with Crippen LogP contribution < -0.4 is 4.74 Å². The van der Waals surface area contributed by atoms with Crippen LogP contribution >= 0.6 is 0 Å². The fourth-order valence-electron chi connectivity index (χ4n) is 3.68. The van der Waals surface area contributed by atoms with Gasteiger partial charge < -0.3 is 4.74 Å². The van der Waals surface area contributed by atoms with Gasteiger partial charge in [-0.3, -0.25) is 0 Å². The fraction of sp³-hybridized carbons (Fsp3) is 0.714. The van der Waals surface area contributed by atoms with Crippen molar-refractivity contribution < 1.29 is 9.13 Å². The molecule has 1 nitrogen and oxygen atoms in total. The van der Waals surface area contributed by atoms with Crippen molar-refractivity contribution in [3.63, 3.8) is 0 Å². The van der Waals surface area contributed by atoms with Crippen LogP contribution in [0, 0.1) is 11.7 Å². The highest BCUT2D eigenvalue weighted by atomic mass is 19.1. The molecular weight excluding hydrogens is 287 g/mol. The highest BCUT2D eigenvalue weighted by Gasteiger charge is 2.22. The Balaban J connectivity index is 1.82. The zero-order chi connectivity index (χ0) is 16.5. The molecule has 23 heavy (non-hydrogen) atoms. The van der Waals surface area contributed by atoms with Crippen molar-refractivity contribution in [1.82, 2.24) is 0 Å². The van der Waals surface area contributed by atoms with E-state index in [4.69, 9.17) is 4.74 Å². The Bertz CT molecular complexity index is 449. The third-order valence-corrected chi connectivity index (χ3v) is 5.25. The lowest BCUT2D eigenvalue weighted by Gasteiger charge is -2.29. The van der Waals surface area contributed by atoms with Crippen molar-refractivity contribution in [2.24, 2.45) is 5.92 Å². The van der Waals surface area contributed by atoms with E-state index < -0.39 is 0 Å². The molecule has 1 aliphatic carbocycles. The summed E-state index contributed by atoms with van der Waals surface area (Å²) in [6.45, 7) is 4.98. The molecule has 0 aromatic heterocycles. The number of unbranched alkanes of at least 4 members (excludes halogenated alkanes) is 3. The predicted octanol–water partition coefficient (Wildman–Crippen LogP) is 6.86. The van der Waals surface area contributed by atoms with E-state index in [1.165, 1.54) is 51.4 Å². The molecule has 0 atom stereocenters. The standard InChI is InChI=1S/C21H33FO/c1-3-5-7-8-17-9-11-18(12-10-17)19-13-14-21(20(22)16-19)23-15-6-4-2/h13-14,16-18H,3-12,15H2,1-2H3. The van der Waals surface area contributed by atoms with Gasteiger partial charge in [0.15, 0.2) is 11.6 Å². The molecule has 2 heteroatoms. The van der Waals surface area contributed by atoms with Crippen LogP contribution in [0.3, 0.4) is 0 Å². The molecule has 0 amide bonds. The summed E-state index contributed by atoms with van der Waals surface area (Å²) in [5, 5.41) is 0. The molecule has 0 N–H and O–H groups in total. The maximum Gasteiger partial charge on any atom is 0.165 e. The Labute approximate surface area is 141 Å². The Morgan fingerprint density at radius 3 is 2.39 bits per heavy atom. The van der Waals surface area contributed by atoms with Crippen LogP contribution in [0.2, 0.25) is 0 Å². The molecule has 0 spiro atoms. The van der Waals surface area contributed by atoms with Gasteiger partial charge >= 0.3 is 0 Å². The summed E-state index contributed by atoms with van der Waals surface area (Å²) in [5.74, 6) is 1.66. The quantitative estimate of drug-likeness (QED) is 0.452. The minimum atomic E-state index is -0.191. The highest BCUT2D eigenvalue weighted by molar-refractivity contribution is 5.31. The van der Waals surface area contributed by atoms with Crippen molar-refractivity contribution >= 4 is 0 Å². The zero-order valence-corrected chi connectivity index (χ0v) is 15.0. The van der Waals surface area contributed by atoms with E-state index in [0.29, 0.717) is 18.3 Å². The van der Waals surface area contributed by atoms with Crippen molar-refractivity contribution in [2.45, 2.75) is 84.0 Å². The van der Waals surface area contributed by atoms with E-state index >= 15 is 0 Å². The summed E-state index contributed by atoms with van der Waals surface area (Å²) in [5.41, 5.74) is 1.16. The second kappa shape index (κ2) is 9.95. The average Bonchev–Trinajstić information content (AvgIpc) is 2.57. The van der Waals surface area contributed by atoms with Crippen molar-refractivity contribution in [3.8, 4) is 5.75 Å². The van der Waals surface area contributed by atoms with Gasteiger partial charge in [0.05, 0.1) is 6.61 Å². The highest BCUT2D eigenvalue weighted by Crippen LogP contribution is 2.38. The number of ether oxygens (including phenoxy) is 1. The normalized spacial score (nSPS) is 21.3. The average molecular weight is 320 g/mol. The van der Waals surface area contributed by atoms with Gasteiger partial charge in [0.25, 0.3) is 0 Å². The Kier molecular flexibility index (Phi) is 7.91. The van der Waals surface area contributed by atoms with Crippen molar-refractivity contribution in [3.05, 3.63) is 29.6 Å². The van der Waals surface area contributed by atoms with Gasteiger partial charge in [-0.2, -0.15) is 0 Å². The topological polar surface area (TPSA) is 9.23 Å². The fourth-order valence-corrected chi connectivity index (χ4v) is 3.68. The van der Waals surface area contributed by atoms with Crippen LogP contribution in [0.5, 0.6) is 5.75 Å². The Hall–Kier alpha value is -1.05. The van der Waals surface area contributed by atoms with E-state index in [1.807, 2.05) is 6.07 Å². The maximum atomic E-state index is 14.2. The van der Waals surface area contributed by atoms with Crippen LogP contribution in [-0.4, -0.2) is 6.61 Å². The smallest absolute Gasteiger partial charge is 0.165 e. The first-order chi connectivity index (χ1) is 11.2. The van der Waals surface area contributed by atoms with Gasteiger partial charge in [0.2, 0.25) is 0 Å². The Morgan fingerprint density at radius 1 is 1.00 bits per heavy atom. The third-order valence-electron chi connectivity index (χ3n) is 5.25. The monoisotopic (exact) mass is 320 g/mol. The molecule has 130 valence electrons. The van der Waals surface area contributed by atoms with E-state index in [0.717, 1.165) is 24.3 Å². The van der Waals surface area contributed by atoms with Crippen molar-refractivity contribution in [1.29, 1.82) is 0 Å². The molecule has 0 radical (unpaired) electrons. The number of hydrogen-bond donors (Lipinski definition) is 0. The molecule has 1 aromatic carbocycles. The van der Waals surface area contributed by atoms with Crippen LogP contribution in [0.25, 0.3) is 0 Å². The van der Waals surface area contributed by atoms with Crippen LogP contribution in [0.1, 0.15) is 89.5 Å². The number of benzene rings is 1. The zero-order valence-electron chi connectivity index (χ0n) is 15.0. The third kappa shape index (κ3) is 5.82. The van der Waals surface area contributed by atoms with E-state index in [9.17, 15) is 4.39 Å². The minimum Gasteiger partial charge on any atom is -0.491 e. The van der Waals surface area contributed by atoms with Gasteiger partial charge in [-0.05, 0) is 61.6 Å². The lowest BCUT2D eigenvalue weighted by atomic mass is 9.77. The second-order valence-corrected chi connectivity index (χ2v) is 7.11. The lowest BCUT2D eigenvalue weighted by molar-refractivity contribution is 0.291. The summed E-state index contributed by atoms with van der Waals surface area (Å²) in [6, 6.07) is 5.61. The summed E-state index contributed by atoms with van der Waals surface area (Å²) in [6.07, 6.45) is 12.5. The maximum absolute atomic E-state index is 14.2. The molecule has 1 aliphatic rings. The molecular formula is C21H33FO. The number of hydrogen-bond acceptors (Lipinski definition) is 1. The lowest BCUT2D eigenvalue weighted by Crippen LogP contribution is -2.13.